The van der Waals surface area contributed by atoms with Gasteiger partial charge in [0.2, 0.25) is 5.88 Å². The van der Waals surface area contributed by atoms with Gasteiger partial charge in [-0.15, -0.1) is 0 Å². The first-order valence-corrected chi connectivity index (χ1v) is 9.55. The highest BCUT2D eigenvalue weighted by molar-refractivity contribution is 5.93. The summed E-state index contributed by atoms with van der Waals surface area (Å²) in [5, 5.41) is 2.95. The predicted molar refractivity (Wildman–Crippen MR) is 103 cm³/mol. The molecule has 4 heterocycles. The van der Waals surface area contributed by atoms with E-state index >= 15 is 0 Å². The zero-order valence-electron chi connectivity index (χ0n) is 15.7. The van der Waals surface area contributed by atoms with E-state index in [1.165, 1.54) is 6.20 Å². The van der Waals surface area contributed by atoms with Crippen LogP contribution < -0.4 is 15.0 Å². The lowest BCUT2D eigenvalue weighted by molar-refractivity contribution is 0.0950. The highest BCUT2D eigenvalue weighted by Gasteiger charge is 2.18. The van der Waals surface area contributed by atoms with E-state index in [0.717, 1.165) is 30.9 Å². The normalized spacial score (nSPS) is 19.4. The largest absolute Gasteiger partial charge is 0.472 e. The molecule has 2 aliphatic rings. The third-order valence-electron chi connectivity index (χ3n) is 4.79. The monoisotopic (exact) mass is 384 g/mol. The van der Waals surface area contributed by atoms with Gasteiger partial charge in [-0.3, -0.25) is 4.79 Å². The molecule has 0 aromatic carbocycles. The second-order valence-electron chi connectivity index (χ2n) is 6.76. The fourth-order valence-electron chi connectivity index (χ4n) is 3.27. The van der Waals surface area contributed by atoms with E-state index in [1.807, 2.05) is 12.1 Å². The van der Waals surface area contributed by atoms with Crippen LogP contribution in [0.1, 0.15) is 22.3 Å². The minimum absolute atomic E-state index is 0.0383. The van der Waals surface area contributed by atoms with E-state index in [9.17, 15) is 4.79 Å². The summed E-state index contributed by atoms with van der Waals surface area (Å²) < 4.78 is 16.4. The Labute approximate surface area is 163 Å². The van der Waals surface area contributed by atoms with Crippen molar-refractivity contribution in [1.82, 2.24) is 15.3 Å². The summed E-state index contributed by atoms with van der Waals surface area (Å²) in [6.07, 6.45) is 4.21. The van der Waals surface area contributed by atoms with Crippen LogP contribution in [0, 0.1) is 0 Å². The smallest absolute Gasteiger partial charge is 0.253 e. The molecule has 1 amide bonds. The Bertz CT molecular complexity index is 787. The van der Waals surface area contributed by atoms with E-state index in [4.69, 9.17) is 14.2 Å². The topological polar surface area (TPSA) is 85.8 Å². The van der Waals surface area contributed by atoms with Crippen molar-refractivity contribution in [2.24, 2.45) is 0 Å². The molecule has 8 heteroatoms. The number of anilines is 1. The summed E-state index contributed by atoms with van der Waals surface area (Å²) in [5.41, 5.74) is 1.47. The average molecular weight is 384 g/mol. The predicted octanol–water partition coefficient (Wildman–Crippen LogP) is 1.41. The molecular formula is C20H24N4O4. The highest BCUT2D eigenvalue weighted by atomic mass is 16.5. The molecule has 0 unspecified atom stereocenters. The molecule has 2 aromatic heterocycles. The van der Waals surface area contributed by atoms with Gasteiger partial charge < -0.3 is 24.4 Å². The van der Waals surface area contributed by atoms with Gasteiger partial charge in [0, 0.05) is 50.1 Å². The lowest BCUT2D eigenvalue weighted by Crippen LogP contribution is -2.37. The quantitative estimate of drug-likeness (QED) is 0.806. The first-order chi connectivity index (χ1) is 13.8. The molecule has 1 N–H and O–H groups in total. The van der Waals surface area contributed by atoms with Crippen LogP contribution >= 0.6 is 0 Å². The third-order valence-corrected chi connectivity index (χ3v) is 4.79. The van der Waals surface area contributed by atoms with E-state index < -0.39 is 0 Å². The number of nitrogens with zero attached hydrogens (tertiary/aromatic N) is 3. The average Bonchev–Trinajstić information content (AvgIpc) is 3.26. The van der Waals surface area contributed by atoms with Gasteiger partial charge in [-0.1, -0.05) is 6.07 Å². The van der Waals surface area contributed by atoms with E-state index in [2.05, 4.69) is 20.2 Å². The third kappa shape index (κ3) is 4.58. The second-order valence-corrected chi connectivity index (χ2v) is 6.76. The van der Waals surface area contributed by atoms with Crippen molar-refractivity contribution in [2.75, 3.05) is 44.4 Å². The number of nitrogens with one attached hydrogen (secondary N) is 1. The Balaban J connectivity index is 1.35. The Hall–Kier alpha value is -2.71. The zero-order chi connectivity index (χ0) is 19.2. The molecule has 1 atom stereocenters. The summed E-state index contributed by atoms with van der Waals surface area (Å²) >= 11 is 0. The van der Waals surface area contributed by atoms with Gasteiger partial charge >= 0.3 is 0 Å². The van der Waals surface area contributed by atoms with Gasteiger partial charge in [-0.25, -0.2) is 9.97 Å². The van der Waals surface area contributed by atoms with Crippen LogP contribution in [0.5, 0.6) is 5.88 Å². The number of amides is 1. The molecule has 2 fully saturated rings. The van der Waals surface area contributed by atoms with Crippen LogP contribution in [0.25, 0.3) is 0 Å². The van der Waals surface area contributed by atoms with Crippen LogP contribution in [0.2, 0.25) is 0 Å². The second kappa shape index (κ2) is 8.99. The molecule has 0 radical (unpaired) electrons. The van der Waals surface area contributed by atoms with Gasteiger partial charge in [0.15, 0.2) is 0 Å². The minimum Gasteiger partial charge on any atom is -0.472 e. The Morgan fingerprint density at radius 2 is 2.07 bits per heavy atom. The van der Waals surface area contributed by atoms with Crippen molar-refractivity contribution in [3.8, 4) is 5.88 Å². The lowest BCUT2D eigenvalue weighted by Gasteiger charge is -2.29. The molecule has 0 saturated carbocycles. The number of hydrogen-bond acceptors (Lipinski definition) is 7. The van der Waals surface area contributed by atoms with Gasteiger partial charge in [-0.2, -0.15) is 0 Å². The number of carbonyl (C=O) groups excluding carboxylic acids is 1. The Morgan fingerprint density at radius 3 is 2.82 bits per heavy atom. The van der Waals surface area contributed by atoms with Gasteiger partial charge in [-0.05, 0) is 12.1 Å². The molecule has 0 bridgehead atoms. The fourth-order valence-corrected chi connectivity index (χ4v) is 3.27. The maximum absolute atomic E-state index is 12.5. The number of pyridine rings is 2. The number of ether oxygens (including phenoxy) is 3. The maximum atomic E-state index is 12.5. The SMILES string of the molecule is O=C(NCc1cccnc1N1CCOCC1)c1ccc(O[C@@H]2CCOC2)nc1. The zero-order valence-corrected chi connectivity index (χ0v) is 15.7. The van der Waals surface area contributed by atoms with E-state index in [-0.39, 0.29) is 12.0 Å². The first kappa shape index (κ1) is 18.6. The number of aromatic nitrogens is 2. The van der Waals surface area contributed by atoms with Crippen molar-refractivity contribution in [3.63, 3.8) is 0 Å². The molecule has 2 aliphatic heterocycles. The van der Waals surface area contributed by atoms with Crippen molar-refractivity contribution in [2.45, 2.75) is 19.1 Å². The molecule has 0 aliphatic carbocycles. The molecule has 2 aromatic rings. The number of morpholine rings is 1. The highest BCUT2D eigenvalue weighted by Crippen LogP contribution is 2.19. The van der Waals surface area contributed by atoms with Crippen LogP contribution in [-0.4, -0.2) is 61.5 Å². The Morgan fingerprint density at radius 1 is 1.18 bits per heavy atom. The maximum Gasteiger partial charge on any atom is 0.253 e. The molecule has 28 heavy (non-hydrogen) atoms. The van der Waals surface area contributed by atoms with Gasteiger partial charge in [0.25, 0.3) is 5.91 Å². The van der Waals surface area contributed by atoms with Gasteiger partial charge in [0.05, 0.1) is 32.0 Å². The van der Waals surface area contributed by atoms with Gasteiger partial charge in [0.1, 0.15) is 11.9 Å². The number of rotatable bonds is 6. The summed E-state index contributed by atoms with van der Waals surface area (Å²) in [7, 11) is 0. The molecule has 148 valence electrons. The van der Waals surface area contributed by atoms with Crippen LogP contribution in [0.3, 0.4) is 0 Å². The molecule has 2 saturated heterocycles. The minimum atomic E-state index is -0.181. The molecule has 4 rings (SSSR count). The molecular weight excluding hydrogens is 360 g/mol. The van der Waals surface area contributed by atoms with Crippen molar-refractivity contribution in [1.29, 1.82) is 0 Å². The lowest BCUT2D eigenvalue weighted by atomic mass is 10.2. The number of hydrogen-bond donors (Lipinski definition) is 1. The van der Waals surface area contributed by atoms with Crippen LogP contribution in [0.4, 0.5) is 5.82 Å². The summed E-state index contributed by atoms with van der Waals surface area (Å²) in [4.78, 5) is 23.4. The summed E-state index contributed by atoms with van der Waals surface area (Å²) in [6.45, 7) is 4.68. The van der Waals surface area contributed by atoms with Crippen molar-refractivity contribution < 1.29 is 19.0 Å². The van der Waals surface area contributed by atoms with E-state index in [0.29, 0.717) is 44.4 Å². The number of carbonyl (C=O) groups is 1. The summed E-state index contributed by atoms with van der Waals surface area (Å²) in [5.74, 6) is 1.22. The molecule has 0 spiro atoms. The van der Waals surface area contributed by atoms with Crippen molar-refractivity contribution >= 4 is 11.7 Å². The van der Waals surface area contributed by atoms with Crippen molar-refractivity contribution in [3.05, 3.63) is 47.8 Å². The summed E-state index contributed by atoms with van der Waals surface area (Å²) in [6, 6.07) is 7.30. The standard InChI is InChI=1S/C20H24N4O4/c25-20(16-3-4-18(22-13-16)28-17-5-9-27-14-17)23-12-15-2-1-6-21-19(15)24-7-10-26-11-8-24/h1-4,6,13,17H,5,7-12,14H2,(H,23,25)/t17-/m1/s1. The van der Waals surface area contributed by atoms with E-state index in [1.54, 1.807) is 18.3 Å². The van der Waals surface area contributed by atoms with Crippen LogP contribution in [-0.2, 0) is 16.0 Å². The van der Waals surface area contributed by atoms with Crippen LogP contribution in [0.15, 0.2) is 36.7 Å². The molecule has 8 nitrogen and oxygen atoms in total. The first-order valence-electron chi connectivity index (χ1n) is 9.55. The Kier molecular flexibility index (Phi) is 5.98. The fraction of sp³-hybridized carbons (Fsp3) is 0.450.